The molecular weight excluding hydrogens is 181 g/mol. The van der Waals surface area contributed by atoms with E-state index in [2.05, 4.69) is 0 Å². The van der Waals surface area contributed by atoms with Gasteiger partial charge in [-0.2, -0.15) is 0 Å². The smallest absolute Gasteiger partial charge is 0.218 e. The van der Waals surface area contributed by atoms with E-state index in [9.17, 15) is 9.18 Å². The maximum Gasteiger partial charge on any atom is 0.218 e. The molecule has 0 heterocycles. The predicted octanol–water partition coefficient (Wildman–Crippen LogP) is 1.81. The number of rotatable bonds is 2. The molecule has 0 saturated heterocycles. The molecule has 72 valence electrons. The van der Waals surface area contributed by atoms with Crippen molar-refractivity contribution < 1.29 is 9.18 Å². The Morgan fingerprint density at radius 1 is 1.50 bits per heavy atom. The van der Waals surface area contributed by atoms with Gasteiger partial charge in [0.25, 0.3) is 0 Å². The van der Waals surface area contributed by atoms with Crippen molar-refractivity contribution in [1.29, 1.82) is 0 Å². The summed E-state index contributed by atoms with van der Waals surface area (Å²) >= 11 is 0. The summed E-state index contributed by atoms with van der Waals surface area (Å²) < 4.78 is 12.9. The summed E-state index contributed by atoms with van der Waals surface area (Å²) in [7, 11) is 0. The Morgan fingerprint density at radius 2 is 2.29 bits per heavy atom. The minimum atomic E-state index is -0.364. The monoisotopic (exact) mass is 191 g/mol. The number of allylic oxidation sites excluding steroid dienone is 1. The molecule has 14 heavy (non-hydrogen) atoms. The zero-order valence-electron chi connectivity index (χ0n) is 7.53. The molecule has 2 rings (SSSR count). The summed E-state index contributed by atoms with van der Waals surface area (Å²) in [6.45, 7) is 0. The second-order valence-corrected chi connectivity index (χ2v) is 3.41. The van der Waals surface area contributed by atoms with Crippen molar-refractivity contribution in [2.45, 2.75) is 12.3 Å². The van der Waals surface area contributed by atoms with Gasteiger partial charge < -0.3 is 5.73 Å². The van der Waals surface area contributed by atoms with Gasteiger partial charge in [-0.05, 0) is 23.3 Å². The summed E-state index contributed by atoms with van der Waals surface area (Å²) in [5.41, 5.74) is 6.92. The molecule has 0 saturated carbocycles. The summed E-state index contributed by atoms with van der Waals surface area (Å²) in [5, 5.41) is 0. The largest absolute Gasteiger partial charge is 0.370 e. The number of hydrogen-bond donors (Lipinski definition) is 1. The number of halogens is 1. The van der Waals surface area contributed by atoms with Crippen molar-refractivity contribution in [1.82, 2.24) is 0 Å². The highest BCUT2D eigenvalue weighted by Gasteiger charge is 2.19. The van der Waals surface area contributed by atoms with Crippen LogP contribution in [0.1, 0.15) is 23.5 Å². The number of primary amides is 1. The highest BCUT2D eigenvalue weighted by Crippen LogP contribution is 2.32. The van der Waals surface area contributed by atoms with E-state index in [-0.39, 0.29) is 24.1 Å². The Labute approximate surface area is 81.2 Å². The molecule has 1 atom stereocenters. The van der Waals surface area contributed by atoms with Crippen LogP contribution in [0, 0.1) is 5.82 Å². The van der Waals surface area contributed by atoms with Crippen LogP contribution in [0.2, 0.25) is 0 Å². The second kappa shape index (κ2) is 3.25. The lowest BCUT2D eigenvalue weighted by atomic mass is 9.97. The molecule has 2 N–H and O–H groups in total. The number of carbonyl (C=O) groups is 1. The van der Waals surface area contributed by atoms with Gasteiger partial charge in [-0.25, -0.2) is 4.39 Å². The van der Waals surface area contributed by atoms with Crippen LogP contribution < -0.4 is 5.73 Å². The van der Waals surface area contributed by atoms with Gasteiger partial charge in [-0.3, -0.25) is 4.79 Å². The molecule has 1 aromatic carbocycles. The number of hydrogen-bond acceptors (Lipinski definition) is 1. The van der Waals surface area contributed by atoms with Gasteiger partial charge in [-0.1, -0.05) is 18.2 Å². The average molecular weight is 191 g/mol. The molecule has 0 spiro atoms. The first-order valence-corrected chi connectivity index (χ1v) is 4.43. The van der Waals surface area contributed by atoms with Crippen molar-refractivity contribution in [3.63, 3.8) is 0 Å². The maximum absolute atomic E-state index is 12.9. The topological polar surface area (TPSA) is 43.1 Å². The normalized spacial score (nSPS) is 18.2. The quantitative estimate of drug-likeness (QED) is 0.761. The van der Waals surface area contributed by atoms with Crippen molar-refractivity contribution in [2.24, 2.45) is 5.73 Å². The van der Waals surface area contributed by atoms with Crippen molar-refractivity contribution in [2.75, 3.05) is 0 Å². The number of benzene rings is 1. The summed E-state index contributed by atoms with van der Waals surface area (Å²) in [4.78, 5) is 10.7. The second-order valence-electron chi connectivity index (χ2n) is 3.41. The zero-order valence-corrected chi connectivity index (χ0v) is 7.53. The standard InChI is InChI=1S/C11H10FNO/c12-9-4-3-7-1-2-8(5-11(13)14)10(7)6-9/h1-4,6,8H,5H2,(H2,13,14). The molecule has 0 aromatic heterocycles. The van der Waals surface area contributed by atoms with E-state index in [4.69, 9.17) is 5.73 Å². The highest BCUT2D eigenvalue weighted by molar-refractivity contribution is 5.77. The molecule has 1 aliphatic rings. The third-order valence-corrected chi connectivity index (χ3v) is 2.38. The predicted molar refractivity (Wildman–Crippen MR) is 52.0 cm³/mol. The van der Waals surface area contributed by atoms with Crippen molar-refractivity contribution in [3.8, 4) is 0 Å². The molecule has 1 amide bonds. The van der Waals surface area contributed by atoms with Crippen LogP contribution in [0.15, 0.2) is 24.3 Å². The Bertz CT molecular complexity index is 412. The first-order valence-electron chi connectivity index (χ1n) is 4.43. The van der Waals surface area contributed by atoms with Crippen LogP contribution in [-0.4, -0.2) is 5.91 Å². The zero-order chi connectivity index (χ0) is 10.1. The van der Waals surface area contributed by atoms with Crippen molar-refractivity contribution in [3.05, 3.63) is 41.2 Å². The fourth-order valence-electron chi connectivity index (χ4n) is 1.74. The molecule has 2 nitrogen and oxygen atoms in total. The molecule has 0 bridgehead atoms. The molecule has 0 aliphatic heterocycles. The van der Waals surface area contributed by atoms with Gasteiger partial charge in [0.1, 0.15) is 5.82 Å². The lowest BCUT2D eigenvalue weighted by Gasteiger charge is -2.08. The summed E-state index contributed by atoms with van der Waals surface area (Å²) in [5.74, 6) is -0.697. The fraction of sp³-hybridized carbons (Fsp3) is 0.182. The minimum absolute atomic E-state index is 0.0572. The summed E-state index contributed by atoms with van der Waals surface area (Å²) in [6, 6.07) is 4.58. The van der Waals surface area contributed by atoms with Crippen LogP contribution in [0.5, 0.6) is 0 Å². The number of nitrogens with two attached hydrogens (primary N) is 1. The first kappa shape index (κ1) is 8.94. The van der Waals surface area contributed by atoms with E-state index in [0.29, 0.717) is 0 Å². The maximum atomic E-state index is 12.9. The SMILES string of the molecule is NC(=O)CC1C=Cc2ccc(F)cc21. The molecule has 1 unspecified atom stereocenters. The van der Waals surface area contributed by atoms with Crippen LogP contribution >= 0.6 is 0 Å². The Kier molecular flexibility index (Phi) is 2.08. The number of fused-ring (bicyclic) bond motifs is 1. The lowest BCUT2D eigenvalue weighted by molar-refractivity contribution is -0.118. The van der Waals surface area contributed by atoms with Gasteiger partial charge in [0, 0.05) is 12.3 Å². The Morgan fingerprint density at radius 3 is 3.00 bits per heavy atom. The lowest BCUT2D eigenvalue weighted by Crippen LogP contribution is -2.13. The third kappa shape index (κ3) is 1.53. The van der Waals surface area contributed by atoms with E-state index in [1.165, 1.54) is 12.1 Å². The van der Waals surface area contributed by atoms with E-state index in [0.717, 1.165) is 11.1 Å². The fourth-order valence-corrected chi connectivity index (χ4v) is 1.74. The average Bonchev–Trinajstić information content (AvgIpc) is 2.47. The highest BCUT2D eigenvalue weighted by atomic mass is 19.1. The van der Waals surface area contributed by atoms with E-state index >= 15 is 0 Å². The van der Waals surface area contributed by atoms with Crippen LogP contribution in [0.4, 0.5) is 4.39 Å². The first-order chi connectivity index (χ1) is 6.66. The third-order valence-electron chi connectivity index (χ3n) is 2.38. The van der Waals surface area contributed by atoms with Gasteiger partial charge >= 0.3 is 0 Å². The van der Waals surface area contributed by atoms with Crippen molar-refractivity contribution >= 4 is 12.0 Å². The minimum Gasteiger partial charge on any atom is -0.370 e. The molecule has 1 aromatic rings. The van der Waals surface area contributed by atoms with E-state index in [1.807, 2.05) is 12.2 Å². The van der Waals surface area contributed by atoms with Crippen LogP contribution in [0.25, 0.3) is 6.08 Å². The Balaban J connectivity index is 2.32. The van der Waals surface area contributed by atoms with Gasteiger partial charge in [-0.15, -0.1) is 0 Å². The summed E-state index contributed by atoms with van der Waals surface area (Å²) in [6.07, 6.45) is 4.02. The van der Waals surface area contributed by atoms with Gasteiger partial charge in [0.05, 0.1) is 0 Å². The van der Waals surface area contributed by atoms with Gasteiger partial charge in [0.2, 0.25) is 5.91 Å². The molecule has 0 radical (unpaired) electrons. The Hall–Kier alpha value is -1.64. The van der Waals surface area contributed by atoms with E-state index < -0.39 is 0 Å². The molecule has 1 aliphatic carbocycles. The van der Waals surface area contributed by atoms with Crippen LogP contribution in [-0.2, 0) is 4.79 Å². The molecule has 3 heteroatoms. The number of carbonyl (C=O) groups excluding carboxylic acids is 1. The van der Waals surface area contributed by atoms with E-state index in [1.54, 1.807) is 6.07 Å². The van der Waals surface area contributed by atoms with Crippen LogP contribution in [0.3, 0.4) is 0 Å². The van der Waals surface area contributed by atoms with Gasteiger partial charge in [0.15, 0.2) is 0 Å². The molecule has 0 fully saturated rings. The number of amides is 1. The molecular formula is C11H10FNO.